The van der Waals surface area contributed by atoms with E-state index in [1.165, 1.54) is 6.07 Å². The van der Waals surface area contributed by atoms with Crippen LogP contribution in [0.15, 0.2) is 22.7 Å². The number of benzene rings is 1. The van der Waals surface area contributed by atoms with E-state index in [0.717, 1.165) is 5.56 Å². The highest BCUT2D eigenvalue weighted by atomic mass is 79.9. The summed E-state index contributed by atoms with van der Waals surface area (Å²) in [7, 11) is 0. The van der Waals surface area contributed by atoms with Gasteiger partial charge in [-0.3, -0.25) is 4.79 Å². The molecule has 0 amide bonds. The molecule has 5 heteroatoms. The minimum absolute atomic E-state index is 0.349. The first kappa shape index (κ1) is 14.5. The first-order valence-electron chi connectivity index (χ1n) is 6.28. The van der Waals surface area contributed by atoms with Crippen LogP contribution in [0.2, 0.25) is 0 Å². The molecular weight excluding hydrogens is 315 g/mol. The zero-order valence-electron chi connectivity index (χ0n) is 10.4. The summed E-state index contributed by atoms with van der Waals surface area (Å²) in [6.07, 6.45) is 1.90. The molecule has 0 saturated heterocycles. The Kier molecular flexibility index (Phi) is 4.26. The molecule has 3 nitrogen and oxygen atoms in total. The molecule has 0 aromatic heterocycles. The van der Waals surface area contributed by atoms with Gasteiger partial charge in [-0.25, -0.2) is 4.39 Å². The van der Waals surface area contributed by atoms with E-state index in [2.05, 4.69) is 15.9 Å². The highest BCUT2D eigenvalue weighted by Crippen LogP contribution is 2.40. The molecule has 1 aromatic rings. The van der Waals surface area contributed by atoms with Crippen LogP contribution in [0.4, 0.5) is 4.39 Å². The third kappa shape index (κ3) is 3.15. The summed E-state index contributed by atoms with van der Waals surface area (Å²) >= 11 is 3.11. The monoisotopic (exact) mass is 330 g/mol. The first-order chi connectivity index (χ1) is 8.93. The lowest BCUT2D eigenvalue weighted by Gasteiger charge is -2.35. The van der Waals surface area contributed by atoms with Crippen LogP contribution in [-0.4, -0.2) is 22.3 Å². The number of rotatable bonds is 3. The summed E-state index contributed by atoms with van der Waals surface area (Å²) in [6, 6.07) is 4.59. The van der Waals surface area contributed by atoms with E-state index in [1.807, 2.05) is 0 Å². The van der Waals surface area contributed by atoms with E-state index in [0.29, 0.717) is 36.6 Å². The molecule has 104 valence electrons. The lowest BCUT2D eigenvalue weighted by Crippen LogP contribution is -2.38. The number of carboxylic acid groups (broad SMARTS) is 1. The van der Waals surface area contributed by atoms with Gasteiger partial charge in [0.15, 0.2) is 0 Å². The average Bonchev–Trinajstić information content (AvgIpc) is 2.37. The second kappa shape index (κ2) is 5.59. The Labute approximate surface area is 119 Å². The van der Waals surface area contributed by atoms with Crippen LogP contribution >= 0.6 is 15.9 Å². The van der Waals surface area contributed by atoms with Crippen molar-refractivity contribution in [3.63, 3.8) is 0 Å². The number of aliphatic hydroxyl groups is 1. The zero-order chi connectivity index (χ0) is 14.0. The quantitative estimate of drug-likeness (QED) is 0.895. The van der Waals surface area contributed by atoms with E-state index in [1.54, 1.807) is 12.1 Å². The molecule has 0 spiro atoms. The van der Waals surface area contributed by atoms with Crippen molar-refractivity contribution in [1.82, 2.24) is 0 Å². The zero-order valence-corrected chi connectivity index (χ0v) is 12.0. The maximum absolute atomic E-state index is 13.2. The van der Waals surface area contributed by atoms with Crippen molar-refractivity contribution in [2.45, 2.75) is 38.2 Å². The molecule has 2 N–H and O–H groups in total. The summed E-state index contributed by atoms with van der Waals surface area (Å²) in [5.74, 6) is -1.19. The van der Waals surface area contributed by atoms with Crippen LogP contribution < -0.4 is 0 Å². The van der Waals surface area contributed by atoms with Crippen molar-refractivity contribution >= 4 is 21.9 Å². The van der Waals surface area contributed by atoms with E-state index in [4.69, 9.17) is 0 Å². The number of hydrogen-bond acceptors (Lipinski definition) is 2. The Balaban J connectivity index is 2.21. The van der Waals surface area contributed by atoms with Gasteiger partial charge in [-0.15, -0.1) is 0 Å². The summed E-state index contributed by atoms with van der Waals surface area (Å²) in [6.45, 7) is 0. The predicted octanol–water partition coefficient (Wildman–Crippen LogP) is 3.14. The van der Waals surface area contributed by atoms with Crippen molar-refractivity contribution in [2.24, 2.45) is 5.41 Å². The molecule has 0 unspecified atom stereocenters. The predicted molar refractivity (Wildman–Crippen MR) is 72.3 cm³/mol. The van der Waals surface area contributed by atoms with Crippen LogP contribution in [0.5, 0.6) is 0 Å². The molecule has 0 radical (unpaired) electrons. The number of carbonyl (C=O) groups is 1. The van der Waals surface area contributed by atoms with Crippen LogP contribution in [0.3, 0.4) is 0 Å². The second-order valence-corrected chi connectivity index (χ2v) is 6.10. The van der Waals surface area contributed by atoms with Crippen molar-refractivity contribution < 1.29 is 19.4 Å². The average molecular weight is 331 g/mol. The molecule has 2 rings (SSSR count). The lowest BCUT2D eigenvalue weighted by molar-refractivity contribution is -0.152. The van der Waals surface area contributed by atoms with Gasteiger partial charge in [0.1, 0.15) is 5.82 Å². The standard InChI is InChI=1S/C14H16BrFO3/c15-11-7-9(1-2-12(11)16)8-14(13(18)19)5-3-10(17)4-6-14/h1-2,7,10,17H,3-6,8H2,(H,18,19). The van der Waals surface area contributed by atoms with Crippen LogP contribution in [0.25, 0.3) is 0 Å². The Morgan fingerprint density at radius 2 is 2.05 bits per heavy atom. The van der Waals surface area contributed by atoms with Gasteiger partial charge in [0, 0.05) is 0 Å². The lowest BCUT2D eigenvalue weighted by atomic mass is 9.69. The number of hydrogen-bond donors (Lipinski definition) is 2. The Hall–Kier alpha value is -0.940. The molecule has 1 aromatic carbocycles. The molecule has 19 heavy (non-hydrogen) atoms. The molecule has 1 fully saturated rings. The van der Waals surface area contributed by atoms with E-state index >= 15 is 0 Å². The summed E-state index contributed by atoms with van der Waals surface area (Å²) < 4.78 is 13.5. The fourth-order valence-corrected chi connectivity index (χ4v) is 3.09. The maximum atomic E-state index is 13.2. The third-order valence-corrected chi connectivity index (χ3v) is 4.50. The second-order valence-electron chi connectivity index (χ2n) is 5.24. The number of carboxylic acids is 1. The van der Waals surface area contributed by atoms with Gasteiger partial charge < -0.3 is 10.2 Å². The smallest absolute Gasteiger partial charge is 0.309 e. The topological polar surface area (TPSA) is 57.5 Å². The largest absolute Gasteiger partial charge is 0.481 e. The van der Waals surface area contributed by atoms with Gasteiger partial charge in [-0.05, 0) is 65.7 Å². The molecule has 0 bridgehead atoms. The number of aliphatic carboxylic acids is 1. The Morgan fingerprint density at radius 1 is 1.42 bits per heavy atom. The summed E-state index contributed by atoms with van der Waals surface area (Å²) in [5.41, 5.74) is -0.0386. The molecule has 0 heterocycles. The molecule has 1 aliphatic rings. The van der Waals surface area contributed by atoms with Crippen LogP contribution in [-0.2, 0) is 11.2 Å². The molecule has 1 aliphatic carbocycles. The fourth-order valence-electron chi connectivity index (χ4n) is 2.66. The highest BCUT2D eigenvalue weighted by molar-refractivity contribution is 9.10. The Bertz CT molecular complexity index is 482. The molecule has 0 aliphatic heterocycles. The normalized spacial score (nSPS) is 27.2. The SMILES string of the molecule is O=C(O)C1(Cc2ccc(F)c(Br)c2)CCC(O)CC1. The third-order valence-electron chi connectivity index (χ3n) is 3.89. The van der Waals surface area contributed by atoms with Gasteiger partial charge >= 0.3 is 5.97 Å². The summed E-state index contributed by atoms with van der Waals surface area (Å²) in [4.78, 5) is 11.6. The van der Waals surface area contributed by atoms with Gasteiger partial charge in [0.05, 0.1) is 16.0 Å². The van der Waals surface area contributed by atoms with Crippen LogP contribution in [0.1, 0.15) is 31.2 Å². The van der Waals surface area contributed by atoms with Crippen molar-refractivity contribution in [3.05, 3.63) is 34.1 Å². The number of aliphatic hydroxyl groups excluding tert-OH is 1. The fraction of sp³-hybridized carbons (Fsp3) is 0.500. The van der Waals surface area contributed by atoms with E-state index in [-0.39, 0.29) is 5.82 Å². The van der Waals surface area contributed by atoms with Gasteiger partial charge in [0.2, 0.25) is 0 Å². The van der Waals surface area contributed by atoms with Gasteiger partial charge in [0.25, 0.3) is 0 Å². The maximum Gasteiger partial charge on any atom is 0.309 e. The Morgan fingerprint density at radius 3 is 2.58 bits per heavy atom. The molecular formula is C14H16BrFO3. The number of halogens is 2. The van der Waals surface area contributed by atoms with Gasteiger partial charge in [-0.1, -0.05) is 6.07 Å². The van der Waals surface area contributed by atoms with Gasteiger partial charge in [-0.2, -0.15) is 0 Å². The minimum Gasteiger partial charge on any atom is -0.481 e. The molecule has 1 saturated carbocycles. The van der Waals surface area contributed by atoms with Crippen molar-refractivity contribution in [2.75, 3.05) is 0 Å². The minimum atomic E-state index is -0.837. The van der Waals surface area contributed by atoms with E-state index < -0.39 is 17.5 Å². The highest BCUT2D eigenvalue weighted by Gasteiger charge is 2.41. The van der Waals surface area contributed by atoms with E-state index in [9.17, 15) is 19.4 Å². The summed E-state index contributed by atoms with van der Waals surface area (Å²) in [5, 5.41) is 19.0. The van der Waals surface area contributed by atoms with Crippen molar-refractivity contribution in [3.8, 4) is 0 Å². The van der Waals surface area contributed by atoms with Crippen LogP contribution in [0, 0.1) is 11.2 Å². The molecule has 0 atom stereocenters. The van der Waals surface area contributed by atoms with Crippen molar-refractivity contribution in [1.29, 1.82) is 0 Å². The first-order valence-corrected chi connectivity index (χ1v) is 7.08.